The van der Waals surface area contributed by atoms with Gasteiger partial charge in [-0.3, -0.25) is 0 Å². The van der Waals surface area contributed by atoms with Crippen molar-refractivity contribution in [3.63, 3.8) is 0 Å². The third kappa shape index (κ3) is 3.14. The summed E-state index contributed by atoms with van der Waals surface area (Å²) in [5, 5.41) is 0. The van der Waals surface area contributed by atoms with Crippen LogP contribution in [0.3, 0.4) is 0 Å². The second kappa shape index (κ2) is 6.01. The zero-order chi connectivity index (χ0) is 14.6. The molecule has 2 nitrogen and oxygen atoms in total. The van der Waals surface area contributed by atoms with Gasteiger partial charge in [-0.05, 0) is 31.2 Å². The first kappa shape index (κ1) is 14.5. The summed E-state index contributed by atoms with van der Waals surface area (Å²) in [6, 6.07) is 12.7. The Morgan fingerprint density at radius 1 is 1.10 bits per heavy atom. The van der Waals surface area contributed by atoms with Gasteiger partial charge in [0.2, 0.25) is 0 Å². The van der Waals surface area contributed by atoms with E-state index >= 15 is 0 Å². The molecule has 0 amide bonds. The Morgan fingerprint density at radius 2 is 1.80 bits per heavy atom. The lowest BCUT2D eigenvalue weighted by molar-refractivity contribution is 0.0744. The van der Waals surface area contributed by atoms with Crippen LogP contribution in [0.25, 0.3) is 0 Å². The number of ether oxygens (including phenoxy) is 1. The molecular weight excluding hydrogens is 260 g/mol. The lowest BCUT2D eigenvalue weighted by Crippen LogP contribution is -2.32. The Kier molecular flexibility index (Phi) is 4.35. The van der Waals surface area contributed by atoms with Gasteiger partial charge < -0.3 is 10.5 Å². The summed E-state index contributed by atoms with van der Waals surface area (Å²) in [6.07, 6.45) is 0.522. The fraction of sp³-hybridized carbons (Fsp3) is 0.250. The molecule has 0 aliphatic heterocycles. The van der Waals surface area contributed by atoms with Gasteiger partial charge in [-0.2, -0.15) is 0 Å². The van der Waals surface area contributed by atoms with Crippen molar-refractivity contribution in [2.45, 2.75) is 18.9 Å². The summed E-state index contributed by atoms with van der Waals surface area (Å²) in [6.45, 7) is 2.24. The van der Waals surface area contributed by atoms with Crippen molar-refractivity contribution in [2.75, 3.05) is 6.54 Å². The highest BCUT2D eigenvalue weighted by atomic mass is 19.1. The maximum absolute atomic E-state index is 13.7. The smallest absolute Gasteiger partial charge is 0.168 e. The van der Waals surface area contributed by atoms with E-state index < -0.39 is 17.2 Å². The number of nitrogens with two attached hydrogens (primary N) is 1. The van der Waals surface area contributed by atoms with Crippen molar-refractivity contribution in [3.05, 3.63) is 65.7 Å². The Bertz CT molecular complexity index is 574. The molecule has 0 aliphatic rings. The summed E-state index contributed by atoms with van der Waals surface area (Å²) >= 11 is 0. The number of benzene rings is 2. The Labute approximate surface area is 117 Å². The van der Waals surface area contributed by atoms with E-state index in [0.717, 1.165) is 11.6 Å². The molecule has 0 fully saturated rings. The van der Waals surface area contributed by atoms with Crippen LogP contribution >= 0.6 is 0 Å². The predicted molar refractivity (Wildman–Crippen MR) is 74.5 cm³/mol. The third-order valence-electron chi connectivity index (χ3n) is 3.23. The summed E-state index contributed by atoms with van der Waals surface area (Å²) in [4.78, 5) is 0. The van der Waals surface area contributed by atoms with Crippen LogP contribution in [0, 0.1) is 11.6 Å². The van der Waals surface area contributed by atoms with Crippen LogP contribution in [0.2, 0.25) is 0 Å². The molecule has 0 aliphatic carbocycles. The standard InChI is InChI=1S/C16H17F2NO/c1-16(9-10-19,12-5-3-2-4-6-12)20-15-8-7-13(17)11-14(15)18/h2-8,11H,9-10,19H2,1H3. The van der Waals surface area contributed by atoms with Crippen molar-refractivity contribution in [2.24, 2.45) is 5.73 Å². The molecule has 20 heavy (non-hydrogen) atoms. The third-order valence-corrected chi connectivity index (χ3v) is 3.23. The highest BCUT2D eigenvalue weighted by Gasteiger charge is 2.29. The van der Waals surface area contributed by atoms with Crippen molar-refractivity contribution in [1.82, 2.24) is 0 Å². The van der Waals surface area contributed by atoms with Crippen LogP contribution in [0.5, 0.6) is 5.75 Å². The maximum Gasteiger partial charge on any atom is 0.168 e. The van der Waals surface area contributed by atoms with Gasteiger partial charge in [0.05, 0.1) is 0 Å². The maximum atomic E-state index is 13.7. The van der Waals surface area contributed by atoms with E-state index in [0.29, 0.717) is 13.0 Å². The summed E-state index contributed by atoms with van der Waals surface area (Å²) in [7, 11) is 0. The molecule has 0 heterocycles. The molecule has 0 aromatic heterocycles. The second-order valence-electron chi connectivity index (χ2n) is 4.81. The molecule has 1 unspecified atom stereocenters. The SMILES string of the molecule is CC(CCN)(Oc1ccc(F)cc1F)c1ccccc1. The Balaban J connectivity index is 2.34. The second-order valence-corrected chi connectivity index (χ2v) is 4.81. The minimum absolute atomic E-state index is 0.0196. The number of hydrogen-bond acceptors (Lipinski definition) is 2. The normalized spacial score (nSPS) is 13.8. The summed E-state index contributed by atoms with van der Waals surface area (Å²) in [5.41, 5.74) is 5.78. The highest BCUT2D eigenvalue weighted by Crippen LogP contribution is 2.32. The lowest BCUT2D eigenvalue weighted by Gasteiger charge is -2.31. The number of rotatable bonds is 5. The van der Waals surface area contributed by atoms with Crippen LogP contribution in [-0.2, 0) is 5.60 Å². The highest BCUT2D eigenvalue weighted by molar-refractivity contribution is 5.29. The average Bonchev–Trinajstić information content (AvgIpc) is 2.43. The van der Waals surface area contributed by atoms with Gasteiger partial charge in [0.15, 0.2) is 11.6 Å². The monoisotopic (exact) mass is 277 g/mol. The van der Waals surface area contributed by atoms with Gasteiger partial charge in [0, 0.05) is 12.5 Å². The van der Waals surface area contributed by atoms with Gasteiger partial charge in [-0.15, -0.1) is 0 Å². The minimum Gasteiger partial charge on any atom is -0.480 e. The van der Waals surface area contributed by atoms with Crippen LogP contribution < -0.4 is 10.5 Å². The molecule has 0 bridgehead atoms. The fourth-order valence-electron chi connectivity index (χ4n) is 2.12. The molecule has 4 heteroatoms. The minimum atomic E-state index is -0.755. The van der Waals surface area contributed by atoms with E-state index in [-0.39, 0.29) is 5.75 Å². The van der Waals surface area contributed by atoms with Crippen LogP contribution in [0.1, 0.15) is 18.9 Å². The van der Waals surface area contributed by atoms with Crippen LogP contribution in [0.15, 0.2) is 48.5 Å². The molecule has 0 saturated heterocycles. The first-order chi connectivity index (χ1) is 9.55. The topological polar surface area (TPSA) is 35.2 Å². The number of hydrogen-bond donors (Lipinski definition) is 1. The van der Waals surface area contributed by atoms with E-state index in [1.54, 1.807) is 0 Å². The van der Waals surface area contributed by atoms with Gasteiger partial charge in [-0.25, -0.2) is 8.78 Å². The van der Waals surface area contributed by atoms with E-state index in [1.165, 1.54) is 12.1 Å². The van der Waals surface area contributed by atoms with E-state index in [2.05, 4.69) is 0 Å². The largest absolute Gasteiger partial charge is 0.480 e. The molecule has 2 N–H and O–H groups in total. The van der Waals surface area contributed by atoms with Gasteiger partial charge >= 0.3 is 0 Å². The molecule has 2 rings (SSSR count). The Morgan fingerprint density at radius 3 is 2.40 bits per heavy atom. The average molecular weight is 277 g/mol. The van der Waals surface area contributed by atoms with Crippen molar-refractivity contribution in [1.29, 1.82) is 0 Å². The van der Waals surface area contributed by atoms with E-state index in [1.807, 2.05) is 37.3 Å². The Hall–Kier alpha value is -1.94. The van der Waals surface area contributed by atoms with Gasteiger partial charge in [0.25, 0.3) is 0 Å². The number of halogens is 2. The molecule has 2 aromatic rings. The van der Waals surface area contributed by atoms with Crippen molar-refractivity contribution < 1.29 is 13.5 Å². The molecule has 0 saturated carbocycles. The first-order valence-electron chi connectivity index (χ1n) is 6.45. The summed E-state index contributed by atoms with van der Waals surface area (Å²) < 4.78 is 32.5. The molecule has 0 spiro atoms. The first-order valence-corrected chi connectivity index (χ1v) is 6.45. The van der Waals surface area contributed by atoms with Gasteiger partial charge in [0.1, 0.15) is 11.4 Å². The fourth-order valence-corrected chi connectivity index (χ4v) is 2.12. The van der Waals surface area contributed by atoms with E-state index in [4.69, 9.17) is 10.5 Å². The molecular formula is C16H17F2NO. The van der Waals surface area contributed by atoms with Gasteiger partial charge in [-0.1, -0.05) is 30.3 Å². The van der Waals surface area contributed by atoms with Crippen LogP contribution in [-0.4, -0.2) is 6.54 Å². The molecule has 2 aromatic carbocycles. The zero-order valence-electron chi connectivity index (χ0n) is 11.3. The molecule has 106 valence electrons. The summed E-state index contributed by atoms with van der Waals surface area (Å²) in [5.74, 6) is -1.33. The quantitative estimate of drug-likeness (QED) is 0.906. The van der Waals surface area contributed by atoms with Crippen molar-refractivity contribution >= 4 is 0 Å². The zero-order valence-corrected chi connectivity index (χ0v) is 11.3. The van der Waals surface area contributed by atoms with E-state index in [9.17, 15) is 8.78 Å². The predicted octanol–water partition coefficient (Wildman–Crippen LogP) is 3.61. The van der Waals surface area contributed by atoms with Crippen LogP contribution in [0.4, 0.5) is 8.78 Å². The molecule has 0 radical (unpaired) electrons. The molecule has 1 atom stereocenters. The lowest BCUT2D eigenvalue weighted by atomic mass is 9.92. The van der Waals surface area contributed by atoms with Crippen molar-refractivity contribution in [3.8, 4) is 5.75 Å².